The Morgan fingerprint density at radius 2 is 1.69 bits per heavy atom. The van der Waals surface area contributed by atoms with Crippen molar-refractivity contribution >= 4 is 6.09 Å². The fourth-order valence-electron chi connectivity index (χ4n) is 2.49. The molecule has 0 unspecified atom stereocenters. The lowest BCUT2D eigenvalue weighted by atomic mass is 9.92. The lowest BCUT2D eigenvalue weighted by molar-refractivity contribution is 0.0234. The minimum absolute atomic E-state index is 0.118. The Morgan fingerprint density at radius 3 is 2.06 bits per heavy atom. The minimum atomic E-state index is -0.443. The fourth-order valence-corrected chi connectivity index (χ4v) is 2.49. The third-order valence-electron chi connectivity index (χ3n) is 3.21. The van der Waals surface area contributed by atoms with Gasteiger partial charge in [0.25, 0.3) is 0 Å². The van der Waals surface area contributed by atoms with Crippen LogP contribution in [0.3, 0.4) is 0 Å². The summed E-state index contributed by atoms with van der Waals surface area (Å²) in [5, 5.41) is 0. The minimum Gasteiger partial charge on any atom is -0.444 e. The quantitative estimate of drug-likeness (QED) is 0.629. The number of amides is 1. The summed E-state index contributed by atoms with van der Waals surface area (Å²) in [7, 11) is 0. The van der Waals surface area contributed by atoms with Crippen LogP contribution in [-0.2, 0) is 4.74 Å². The van der Waals surface area contributed by atoms with Crippen LogP contribution in [-0.4, -0.2) is 28.7 Å². The summed E-state index contributed by atoms with van der Waals surface area (Å²) in [4.78, 5) is 13.8. The van der Waals surface area contributed by atoms with E-state index in [0.29, 0.717) is 0 Å². The summed E-state index contributed by atoms with van der Waals surface area (Å²) < 4.78 is 5.40. The molecule has 2 aliphatic heterocycles. The van der Waals surface area contributed by atoms with Gasteiger partial charge in [0.05, 0.1) is 12.1 Å². The van der Waals surface area contributed by atoms with Crippen LogP contribution < -0.4 is 0 Å². The molecule has 2 saturated heterocycles. The van der Waals surface area contributed by atoms with Gasteiger partial charge in [0.15, 0.2) is 0 Å². The maximum Gasteiger partial charge on any atom is 0.411 e. The molecule has 0 aromatic rings. The smallest absolute Gasteiger partial charge is 0.411 e. The van der Waals surface area contributed by atoms with E-state index in [4.69, 9.17) is 4.74 Å². The van der Waals surface area contributed by atoms with Crippen LogP contribution in [0.25, 0.3) is 0 Å². The van der Waals surface area contributed by atoms with Gasteiger partial charge in [-0.3, -0.25) is 4.90 Å². The van der Waals surface area contributed by atoms with Crippen LogP contribution in [0.15, 0.2) is 24.3 Å². The molecule has 2 aliphatic rings. The largest absolute Gasteiger partial charge is 0.444 e. The molecule has 2 rings (SSSR count). The third kappa shape index (κ3) is 1.64. The van der Waals surface area contributed by atoms with Crippen molar-refractivity contribution in [3.63, 3.8) is 0 Å². The van der Waals surface area contributed by atoms with Crippen molar-refractivity contribution in [2.24, 2.45) is 0 Å². The molecular weight excluding hydrogens is 202 g/mol. The maximum absolute atomic E-state index is 12.0. The van der Waals surface area contributed by atoms with E-state index < -0.39 is 5.60 Å². The molecule has 1 amide bonds. The van der Waals surface area contributed by atoms with Crippen LogP contribution in [0.1, 0.15) is 33.6 Å². The van der Waals surface area contributed by atoms with Crippen molar-refractivity contribution in [1.82, 2.24) is 4.90 Å². The van der Waals surface area contributed by atoms with E-state index in [1.807, 2.05) is 20.8 Å². The second-order valence-electron chi connectivity index (χ2n) is 5.55. The number of hydrogen-bond donors (Lipinski definition) is 0. The van der Waals surface area contributed by atoms with Gasteiger partial charge in [-0.2, -0.15) is 0 Å². The van der Waals surface area contributed by atoms with Crippen LogP contribution in [0.2, 0.25) is 0 Å². The van der Waals surface area contributed by atoms with E-state index >= 15 is 0 Å². The van der Waals surface area contributed by atoms with Crippen LogP contribution in [0.4, 0.5) is 4.79 Å². The summed E-state index contributed by atoms with van der Waals surface area (Å²) in [6.07, 6.45) is 1.74. The first-order valence-corrected chi connectivity index (χ1v) is 5.70. The number of hydrogen-bond acceptors (Lipinski definition) is 2. The molecule has 0 aliphatic carbocycles. The third-order valence-corrected chi connectivity index (χ3v) is 3.21. The molecule has 0 aromatic heterocycles. The number of carbonyl (C=O) groups excluding carboxylic acids is 1. The average Bonchev–Trinajstić information content (AvgIpc) is 2.63. The molecule has 2 atom stereocenters. The highest BCUT2D eigenvalue weighted by Gasteiger charge is 2.48. The molecule has 0 N–H and O–H groups in total. The van der Waals surface area contributed by atoms with Crippen molar-refractivity contribution in [1.29, 1.82) is 0 Å². The molecular formula is C13H19NO2. The summed E-state index contributed by atoms with van der Waals surface area (Å²) in [6.45, 7) is 13.6. The number of nitrogens with zero attached hydrogens (tertiary/aromatic N) is 1. The molecule has 2 bridgehead atoms. The topological polar surface area (TPSA) is 29.5 Å². The van der Waals surface area contributed by atoms with Gasteiger partial charge in [-0.25, -0.2) is 4.79 Å². The zero-order valence-electron chi connectivity index (χ0n) is 10.2. The van der Waals surface area contributed by atoms with Crippen LogP contribution in [0.5, 0.6) is 0 Å². The van der Waals surface area contributed by atoms with Gasteiger partial charge < -0.3 is 4.74 Å². The van der Waals surface area contributed by atoms with E-state index in [1.165, 1.54) is 0 Å². The van der Waals surface area contributed by atoms with E-state index in [2.05, 4.69) is 13.2 Å². The summed E-state index contributed by atoms with van der Waals surface area (Å²) in [5.41, 5.74) is 1.56. The summed E-state index contributed by atoms with van der Waals surface area (Å²) in [6, 6.07) is 0.236. The van der Waals surface area contributed by atoms with Gasteiger partial charge in [0.2, 0.25) is 0 Å². The SMILES string of the molecule is C=C1C(=C)[C@@H]2CC[C@H]1N2C(=O)OC(C)(C)C. The molecule has 0 aromatic carbocycles. The zero-order chi connectivity index (χ0) is 12.1. The van der Waals surface area contributed by atoms with Crippen molar-refractivity contribution in [2.45, 2.75) is 51.3 Å². The van der Waals surface area contributed by atoms with Crippen LogP contribution in [0, 0.1) is 0 Å². The lowest BCUT2D eigenvalue weighted by Crippen LogP contribution is -2.39. The second-order valence-corrected chi connectivity index (χ2v) is 5.55. The van der Waals surface area contributed by atoms with E-state index in [9.17, 15) is 4.79 Å². The Morgan fingerprint density at radius 1 is 1.25 bits per heavy atom. The average molecular weight is 221 g/mol. The molecule has 3 heteroatoms. The number of rotatable bonds is 0. The second kappa shape index (κ2) is 3.37. The van der Waals surface area contributed by atoms with Crippen molar-refractivity contribution in [3.8, 4) is 0 Å². The van der Waals surface area contributed by atoms with Crippen molar-refractivity contribution < 1.29 is 9.53 Å². The Kier molecular flexibility index (Phi) is 2.37. The molecule has 16 heavy (non-hydrogen) atoms. The normalized spacial score (nSPS) is 28.8. The lowest BCUT2D eigenvalue weighted by Gasteiger charge is -2.27. The first kappa shape index (κ1) is 11.2. The van der Waals surface area contributed by atoms with Gasteiger partial charge in [0, 0.05) is 0 Å². The van der Waals surface area contributed by atoms with E-state index in [-0.39, 0.29) is 18.2 Å². The molecule has 2 fully saturated rings. The Labute approximate surface area is 96.8 Å². The molecule has 0 saturated carbocycles. The molecule has 3 nitrogen and oxygen atoms in total. The first-order valence-electron chi connectivity index (χ1n) is 5.70. The Bertz CT molecular complexity index is 343. The van der Waals surface area contributed by atoms with Gasteiger partial charge in [-0.15, -0.1) is 0 Å². The molecule has 0 radical (unpaired) electrons. The predicted octanol–water partition coefficient (Wildman–Crippen LogP) is 2.88. The predicted molar refractivity (Wildman–Crippen MR) is 63.2 cm³/mol. The summed E-state index contributed by atoms with van der Waals surface area (Å²) in [5.74, 6) is 0. The zero-order valence-corrected chi connectivity index (χ0v) is 10.2. The highest BCUT2D eigenvalue weighted by Crippen LogP contribution is 2.44. The highest BCUT2D eigenvalue weighted by atomic mass is 16.6. The Balaban J connectivity index is 2.15. The van der Waals surface area contributed by atoms with E-state index in [1.54, 1.807) is 4.90 Å². The van der Waals surface area contributed by atoms with Crippen molar-refractivity contribution in [2.75, 3.05) is 0 Å². The summed E-state index contributed by atoms with van der Waals surface area (Å²) >= 11 is 0. The number of carbonyl (C=O) groups is 1. The number of ether oxygens (including phenoxy) is 1. The van der Waals surface area contributed by atoms with Gasteiger partial charge in [0.1, 0.15) is 5.60 Å². The van der Waals surface area contributed by atoms with Gasteiger partial charge >= 0.3 is 6.09 Å². The molecule has 2 heterocycles. The molecule has 88 valence electrons. The number of fused-ring (bicyclic) bond motifs is 2. The van der Waals surface area contributed by atoms with Crippen LogP contribution >= 0.6 is 0 Å². The first-order chi connectivity index (χ1) is 7.31. The van der Waals surface area contributed by atoms with E-state index in [0.717, 1.165) is 24.0 Å². The highest BCUT2D eigenvalue weighted by molar-refractivity contribution is 5.73. The van der Waals surface area contributed by atoms with Crippen molar-refractivity contribution in [3.05, 3.63) is 24.3 Å². The molecule has 0 spiro atoms. The monoisotopic (exact) mass is 221 g/mol. The van der Waals surface area contributed by atoms with Gasteiger partial charge in [-0.1, -0.05) is 13.2 Å². The standard InChI is InChI=1S/C13H19NO2/c1-8-9(2)11-7-6-10(8)14(11)12(15)16-13(3,4)5/h10-11H,1-2,6-7H2,3-5H3/t10-,11+. The Hall–Kier alpha value is -1.25. The maximum atomic E-state index is 12.0. The van der Waals surface area contributed by atoms with Gasteiger partial charge in [-0.05, 0) is 44.8 Å². The fraction of sp³-hybridized carbons (Fsp3) is 0.615.